The maximum Gasteiger partial charge on any atom is 0.411 e. The summed E-state index contributed by atoms with van der Waals surface area (Å²) in [6.07, 6.45) is -4.99. The molecule has 0 aliphatic carbocycles. The summed E-state index contributed by atoms with van der Waals surface area (Å²) in [5, 5.41) is 3.44. The van der Waals surface area contributed by atoms with Gasteiger partial charge in [0.1, 0.15) is 6.61 Å². The van der Waals surface area contributed by atoms with Crippen molar-refractivity contribution in [2.75, 3.05) is 19.7 Å². The number of rotatable bonds is 6. The number of alkyl halides is 3. The molecule has 6 heteroatoms. The SMILES string of the molecule is CCNCC(OCC(F)(F)F)c1cccc(Cl)c1. The van der Waals surface area contributed by atoms with Crippen molar-refractivity contribution in [2.24, 2.45) is 0 Å². The average Bonchev–Trinajstić information content (AvgIpc) is 2.28. The van der Waals surface area contributed by atoms with E-state index in [0.29, 0.717) is 23.7 Å². The largest absolute Gasteiger partial charge is 0.411 e. The molecule has 0 aliphatic rings. The number of halogens is 4. The van der Waals surface area contributed by atoms with Gasteiger partial charge in [0.25, 0.3) is 0 Å². The lowest BCUT2D eigenvalue weighted by molar-refractivity contribution is -0.185. The van der Waals surface area contributed by atoms with Gasteiger partial charge in [-0.1, -0.05) is 30.7 Å². The van der Waals surface area contributed by atoms with E-state index in [9.17, 15) is 13.2 Å². The summed E-state index contributed by atoms with van der Waals surface area (Å²) in [5.74, 6) is 0. The number of hydrogen-bond donors (Lipinski definition) is 1. The zero-order chi connectivity index (χ0) is 13.6. The molecule has 0 heterocycles. The van der Waals surface area contributed by atoms with Crippen LogP contribution in [0.1, 0.15) is 18.6 Å². The minimum atomic E-state index is -4.33. The fourth-order valence-electron chi connectivity index (χ4n) is 1.45. The van der Waals surface area contributed by atoms with E-state index in [1.807, 2.05) is 6.92 Å². The van der Waals surface area contributed by atoms with Gasteiger partial charge in [-0.05, 0) is 24.2 Å². The predicted octanol–water partition coefficient (Wildman–Crippen LogP) is 3.57. The Bertz CT molecular complexity index is 371. The molecular weight excluding hydrogens is 267 g/mol. The third-order valence-electron chi connectivity index (χ3n) is 2.25. The van der Waals surface area contributed by atoms with Crippen LogP contribution in [0.5, 0.6) is 0 Å². The minimum Gasteiger partial charge on any atom is -0.363 e. The molecule has 0 aliphatic heterocycles. The topological polar surface area (TPSA) is 21.3 Å². The van der Waals surface area contributed by atoms with Crippen molar-refractivity contribution in [3.05, 3.63) is 34.9 Å². The van der Waals surface area contributed by atoms with Crippen LogP contribution in [0.15, 0.2) is 24.3 Å². The Labute approximate surface area is 109 Å². The van der Waals surface area contributed by atoms with Gasteiger partial charge in [0, 0.05) is 11.6 Å². The molecule has 0 radical (unpaired) electrons. The number of nitrogens with one attached hydrogen (secondary N) is 1. The van der Waals surface area contributed by atoms with E-state index >= 15 is 0 Å². The standard InChI is InChI=1S/C12H15ClF3NO/c1-2-17-7-11(18-8-12(14,15)16)9-4-3-5-10(13)6-9/h3-6,11,17H,2,7-8H2,1H3. The van der Waals surface area contributed by atoms with Crippen LogP contribution < -0.4 is 5.32 Å². The van der Waals surface area contributed by atoms with Crippen molar-refractivity contribution in [3.63, 3.8) is 0 Å². The lowest BCUT2D eigenvalue weighted by Crippen LogP contribution is -2.27. The first-order valence-corrected chi connectivity index (χ1v) is 5.94. The molecule has 0 saturated heterocycles. The lowest BCUT2D eigenvalue weighted by Gasteiger charge is -2.20. The monoisotopic (exact) mass is 281 g/mol. The molecule has 1 rings (SSSR count). The Hall–Kier alpha value is -0.780. The molecule has 0 aromatic heterocycles. The molecule has 102 valence electrons. The van der Waals surface area contributed by atoms with Crippen molar-refractivity contribution in [1.29, 1.82) is 0 Å². The Kier molecular flexibility index (Phi) is 5.91. The third-order valence-corrected chi connectivity index (χ3v) is 2.48. The van der Waals surface area contributed by atoms with Crippen LogP contribution in [0.2, 0.25) is 5.02 Å². The average molecular weight is 282 g/mol. The summed E-state index contributed by atoms with van der Waals surface area (Å²) in [4.78, 5) is 0. The predicted molar refractivity (Wildman–Crippen MR) is 64.7 cm³/mol. The first-order chi connectivity index (χ1) is 8.42. The highest BCUT2D eigenvalue weighted by molar-refractivity contribution is 6.30. The van der Waals surface area contributed by atoms with E-state index in [1.54, 1.807) is 24.3 Å². The Balaban J connectivity index is 2.71. The van der Waals surface area contributed by atoms with Gasteiger partial charge in [0.2, 0.25) is 0 Å². The molecule has 1 atom stereocenters. The number of hydrogen-bond acceptors (Lipinski definition) is 2. The van der Waals surface area contributed by atoms with E-state index in [-0.39, 0.29) is 0 Å². The maximum atomic E-state index is 12.2. The molecule has 1 unspecified atom stereocenters. The van der Waals surface area contributed by atoms with Crippen molar-refractivity contribution in [1.82, 2.24) is 5.32 Å². The zero-order valence-corrected chi connectivity index (χ0v) is 10.7. The number of benzene rings is 1. The second-order valence-corrected chi connectivity index (χ2v) is 4.21. The molecule has 1 aromatic carbocycles. The van der Waals surface area contributed by atoms with E-state index in [1.165, 1.54) is 0 Å². The second-order valence-electron chi connectivity index (χ2n) is 3.78. The van der Waals surface area contributed by atoms with E-state index in [4.69, 9.17) is 16.3 Å². The van der Waals surface area contributed by atoms with Crippen LogP contribution in [0.4, 0.5) is 13.2 Å². The van der Waals surface area contributed by atoms with Gasteiger partial charge in [-0.25, -0.2) is 0 Å². The minimum absolute atomic E-state index is 0.312. The van der Waals surface area contributed by atoms with Crippen LogP contribution in [0.3, 0.4) is 0 Å². The van der Waals surface area contributed by atoms with Crippen LogP contribution in [0, 0.1) is 0 Å². The van der Waals surface area contributed by atoms with E-state index < -0.39 is 18.9 Å². The number of likely N-dealkylation sites (N-methyl/N-ethyl adjacent to an activating group) is 1. The van der Waals surface area contributed by atoms with Crippen molar-refractivity contribution in [3.8, 4) is 0 Å². The fraction of sp³-hybridized carbons (Fsp3) is 0.500. The smallest absolute Gasteiger partial charge is 0.363 e. The molecule has 18 heavy (non-hydrogen) atoms. The molecule has 0 spiro atoms. The normalized spacial score (nSPS) is 13.6. The van der Waals surface area contributed by atoms with Crippen molar-refractivity contribution >= 4 is 11.6 Å². The molecule has 0 saturated carbocycles. The molecular formula is C12H15ClF3NO. The quantitative estimate of drug-likeness (QED) is 0.861. The number of ether oxygens (including phenoxy) is 1. The molecule has 0 bridgehead atoms. The summed E-state index contributed by atoms with van der Waals surface area (Å²) in [5.41, 5.74) is 0.632. The maximum absolute atomic E-state index is 12.2. The first kappa shape index (κ1) is 15.3. The summed E-state index contributed by atoms with van der Waals surface area (Å²) in [7, 11) is 0. The Morgan fingerprint density at radius 3 is 2.67 bits per heavy atom. The van der Waals surface area contributed by atoms with E-state index in [0.717, 1.165) is 0 Å². The third kappa shape index (κ3) is 5.71. The lowest BCUT2D eigenvalue weighted by atomic mass is 10.1. The highest BCUT2D eigenvalue weighted by atomic mass is 35.5. The fourth-order valence-corrected chi connectivity index (χ4v) is 1.65. The first-order valence-electron chi connectivity index (χ1n) is 5.57. The molecule has 0 amide bonds. The zero-order valence-electron chi connectivity index (χ0n) is 9.93. The van der Waals surface area contributed by atoms with Gasteiger partial charge in [-0.2, -0.15) is 13.2 Å². The van der Waals surface area contributed by atoms with Crippen LogP contribution >= 0.6 is 11.6 Å². The summed E-state index contributed by atoms with van der Waals surface area (Å²) < 4.78 is 41.4. The molecule has 1 N–H and O–H groups in total. The van der Waals surface area contributed by atoms with Crippen LogP contribution in [0.25, 0.3) is 0 Å². The van der Waals surface area contributed by atoms with Gasteiger partial charge in [0.15, 0.2) is 0 Å². The van der Waals surface area contributed by atoms with Crippen LogP contribution in [-0.2, 0) is 4.74 Å². The highest BCUT2D eigenvalue weighted by Gasteiger charge is 2.29. The van der Waals surface area contributed by atoms with Gasteiger partial charge >= 0.3 is 6.18 Å². The van der Waals surface area contributed by atoms with Crippen molar-refractivity contribution < 1.29 is 17.9 Å². The molecule has 0 fully saturated rings. The highest BCUT2D eigenvalue weighted by Crippen LogP contribution is 2.24. The summed E-state index contributed by atoms with van der Waals surface area (Å²) >= 11 is 5.81. The Morgan fingerprint density at radius 1 is 1.39 bits per heavy atom. The van der Waals surface area contributed by atoms with E-state index in [2.05, 4.69) is 5.32 Å². The molecule has 1 aromatic rings. The van der Waals surface area contributed by atoms with Crippen LogP contribution in [-0.4, -0.2) is 25.9 Å². The van der Waals surface area contributed by atoms with Gasteiger partial charge in [0.05, 0.1) is 6.10 Å². The molecule has 2 nitrogen and oxygen atoms in total. The van der Waals surface area contributed by atoms with Gasteiger partial charge in [-0.15, -0.1) is 0 Å². The van der Waals surface area contributed by atoms with Gasteiger partial charge < -0.3 is 10.1 Å². The summed E-state index contributed by atoms with van der Waals surface area (Å²) in [6, 6.07) is 6.66. The van der Waals surface area contributed by atoms with Crippen molar-refractivity contribution in [2.45, 2.75) is 19.2 Å². The second kappa shape index (κ2) is 6.97. The Morgan fingerprint density at radius 2 is 2.11 bits per heavy atom. The summed E-state index contributed by atoms with van der Waals surface area (Å²) in [6.45, 7) is 1.58. The van der Waals surface area contributed by atoms with Gasteiger partial charge in [-0.3, -0.25) is 0 Å².